The van der Waals surface area contributed by atoms with Gasteiger partial charge in [0.2, 0.25) is 0 Å². The number of rotatable bonds is 7. The van der Waals surface area contributed by atoms with Crippen molar-refractivity contribution in [1.82, 2.24) is 14.8 Å². The monoisotopic (exact) mass is 271 g/mol. The van der Waals surface area contributed by atoms with Crippen LogP contribution in [-0.2, 0) is 7.05 Å². The summed E-state index contributed by atoms with van der Waals surface area (Å²) in [4.78, 5) is 11.1. The minimum atomic E-state index is -0.218. The van der Waals surface area contributed by atoms with Crippen molar-refractivity contribution in [2.75, 3.05) is 5.75 Å². The van der Waals surface area contributed by atoms with Crippen molar-refractivity contribution in [2.24, 2.45) is 18.2 Å². The van der Waals surface area contributed by atoms with E-state index >= 15 is 0 Å². The van der Waals surface area contributed by atoms with Crippen LogP contribution >= 0.6 is 11.8 Å². The van der Waals surface area contributed by atoms with E-state index in [1.807, 2.05) is 13.8 Å². The molecule has 0 atom stereocenters. The number of hydrogen-bond acceptors (Lipinski definition) is 4. The fourth-order valence-corrected chi connectivity index (χ4v) is 2.35. The standard InChI is InChI=1S/C11H21N5OS/c1-11(2,8(12)13)6-4-5-7-18-10-15-14-9(17)16(10)3/h4-7H2,1-3H3,(H3,12,13)(H,14,17). The first-order chi connectivity index (χ1) is 8.34. The maximum Gasteiger partial charge on any atom is 0.343 e. The van der Waals surface area contributed by atoms with Gasteiger partial charge >= 0.3 is 5.69 Å². The molecule has 0 aliphatic heterocycles. The Morgan fingerprint density at radius 3 is 2.72 bits per heavy atom. The highest BCUT2D eigenvalue weighted by atomic mass is 32.2. The van der Waals surface area contributed by atoms with Crippen molar-refractivity contribution in [3.63, 3.8) is 0 Å². The zero-order chi connectivity index (χ0) is 13.8. The molecular formula is C11H21N5OS. The van der Waals surface area contributed by atoms with Crippen LogP contribution in [0.1, 0.15) is 33.1 Å². The second-order valence-electron chi connectivity index (χ2n) is 4.97. The van der Waals surface area contributed by atoms with E-state index in [0.717, 1.165) is 25.0 Å². The topological polar surface area (TPSA) is 101 Å². The SMILES string of the molecule is Cn1c(SCCCCC(C)(C)C(=N)N)n[nH]c1=O. The number of aromatic amines is 1. The molecule has 0 aliphatic rings. The van der Waals surface area contributed by atoms with E-state index < -0.39 is 0 Å². The Kier molecular flexibility index (Phi) is 5.01. The molecule has 102 valence electrons. The van der Waals surface area contributed by atoms with E-state index in [2.05, 4.69) is 10.2 Å². The number of nitrogens with one attached hydrogen (secondary N) is 2. The van der Waals surface area contributed by atoms with Crippen LogP contribution in [0.2, 0.25) is 0 Å². The van der Waals surface area contributed by atoms with Gasteiger partial charge in [0.05, 0.1) is 5.84 Å². The zero-order valence-corrected chi connectivity index (χ0v) is 11.9. The smallest absolute Gasteiger partial charge is 0.343 e. The van der Waals surface area contributed by atoms with Crippen LogP contribution in [0.5, 0.6) is 0 Å². The van der Waals surface area contributed by atoms with E-state index in [9.17, 15) is 4.79 Å². The summed E-state index contributed by atoms with van der Waals surface area (Å²) in [5.74, 6) is 1.15. The number of nitrogens with two attached hydrogens (primary N) is 1. The molecule has 0 saturated heterocycles. The lowest BCUT2D eigenvalue weighted by atomic mass is 9.86. The van der Waals surface area contributed by atoms with Crippen molar-refractivity contribution >= 4 is 17.6 Å². The largest absolute Gasteiger partial charge is 0.387 e. The molecular weight excluding hydrogens is 250 g/mol. The molecule has 1 aromatic rings. The van der Waals surface area contributed by atoms with Crippen LogP contribution in [0.4, 0.5) is 0 Å². The summed E-state index contributed by atoms with van der Waals surface area (Å²) in [6.45, 7) is 3.97. The first kappa shape index (κ1) is 14.8. The third kappa shape index (κ3) is 3.90. The molecule has 0 unspecified atom stereocenters. The third-order valence-corrected chi connectivity index (χ3v) is 4.11. The van der Waals surface area contributed by atoms with Gasteiger partial charge in [0.25, 0.3) is 0 Å². The van der Waals surface area contributed by atoms with Crippen LogP contribution < -0.4 is 11.4 Å². The molecule has 0 aliphatic carbocycles. The van der Waals surface area contributed by atoms with Crippen LogP contribution in [-0.4, -0.2) is 26.4 Å². The number of unbranched alkanes of at least 4 members (excludes halogenated alkanes) is 1. The summed E-state index contributed by atoms with van der Waals surface area (Å²) in [5, 5.41) is 14.5. The second-order valence-corrected chi connectivity index (χ2v) is 6.04. The maximum atomic E-state index is 11.1. The summed E-state index contributed by atoms with van der Waals surface area (Å²) in [7, 11) is 1.70. The van der Waals surface area contributed by atoms with Gasteiger partial charge in [0.15, 0.2) is 5.16 Å². The highest BCUT2D eigenvalue weighted by Crippen LogP contribution is 2.24. The number of amidine groups is 1. The summed E-state index contributed by atoms with van der Waals surface area (Å²) in [5.41, 5.74) is 5.12. The van der Waals surface area contributed by atoms with Gasteiger partial charge in [-0.1, -0.05) is 32.0 Å². The van der Waals surface area contributed by atoms with Gasteiger partial charge in [-0.3, -0.25) is 9.98 Å². The molecule has 6 nitrogen and oxygen atoms in total. The van der Waals surface area contributed by atoms with Gasteiger partial charge in [-0.15, -0.1) is 5.10 Å². The van der Waals surface area contributed by atoms with Crippen LogP contribution in [0.15, 0.2) is 9.95 Å². The molecule has 1 heterocycles. The summed E-state index contributed by atoms with van der Waals surface area (Å²) >= 11 is 1.56. The summed E-state index contributed by atoms with van der Waals surface area (Å²) < 4.78 is 1.50. The van der Waals surface area contributed by atoms with E-state index in [1.165, 1.54) is 4.57 Å². The zero-order valence-electron chi connectivity index (χ0n) is 11.1. The lowest BCUT2D eigenvalue weighted by molar-refractivity contribution is 0.448. The van der Waals surface area contributed by atoms with Crippen LogP contribution in [0, 0.1) is 10.8 Å². The Morgan fingerprint density at radius 1 is 1.56 bits per heavy atom. The lowest BCUT2D eigenvalue weighted by Crippen LogP contribution is -2.30. The molecule has 0 saturated carbocycles. The van der Waals surface area contributed by atoms with Gasteiger partial charge in [0, 0.05) is 18.2 Å². The minimum Gasteiger partial charge on any atom is -0.387 e. The third-order valence-electron chi connectivity index (χ3n) is 3.00. The molecule has 0 bridgehead atoms. The second kappa shape index (κ2) is 6.08. The fraction of sp³-hybridized carbons (Fsp3) is 0.727. The summed E-state index contributed by atoms with van der Waals surface area (Å²) in [6, 6.07) is 0. The predicted molar refractivity (Wildman–Crippen MR) is 74.1 cm³/mol. The predicted octanol–water partition coefficient (Wildman–Crippen LogP) is 1.33. The lowest BCUT2D eigenvalue weighted by Gasteiger charge is -2.22. The number of thioether (sulfide) groups is 1. The van der Waals surface area contributed by atoms with Crippen molar-refractivity contribution in [1.29, 1.82) is 5.41 Å². The van der Waals surface area contributed by atoms with Gasteiger partial charge in [-0.2, -0.15) is 0 Å². The Bertz CT molecular complexity index is 462. The number of aromatic nitrogens is 3. The van der Waals surface area contributed by atoms with Gasteiger partial charge in [-0.05, 0) is 12.8 Å². The average Bonchev–Trinajstić information content (AvgIpc) is 2.60. The first-order valence-electron chi connectivity index (χ1n) is 5.93. The first-order valence-corrected chi connectivity index (χ1v) is 6.92. The normalized spacial score (nSPS) is 11.7. The van der Waals surface area contributed by atoms with Crippen molar-refractivity contribution in [3.05, 3.63) is 10.5 Å². The molecule has 0 aromatic carbocycles. The van der Waals surface area contributed by atoms with Crippen LogP contribution in [0.25, 0.3) is 0 Å². The Morgan fingerprint density at radius 2 is 2.22 bits per heavy atom. The molecule has 4 N–H and O–H groups in total. The highest BCUT2D eigenvalue weighted by molar-refractivity contribution is 7.99. The van der Waals surface area contributed by atoms with E-state index in [1.54, 1.807) is 18.8 Å². The quantitative estimate of drug-likeness (QED) is 0.301. The Labute approximate surface area is 111 Å². The summed E-state index contributed by atoms with van der Waals surface area (Å²) in [6.07, 6.45) is 2.93. The highest BCUT2D eigenvalue weighted by Gasteiger charge is 2.20. The number of hydrogen-bond donors (Lipinski definition) is 3. The van der Waals surface area contributed by atoms with Crippen molar-refractivity contribution in [3.8, 4) is 0 Å². The molecule has 18 heavy (non-hydrogen) atoms. The van der Waals surface area contributed by atoms with Gasteiger partial charge in [0.1, 0.15) is 0 Å². The Balaban J connectivity index is 2.26. The van der Waals surface area contributed by atoms with Crippen molar-refractivity contribution < 1.29 is 0 Å². The maximum absolute atomic E-state index is 11.1. The van der Waals surface area contributed by atoms with Crippen molar-refractivity contribution in [2.45, 2.75) is 38.3 Å². The molecule has 0 radical (unpaired) electrons. The van der Waals surface area contributed by atoms with Gasteiger partial charge < -0.3 is 5.73 Å². The fourth-order valence-electron chi connectivity index (χ4n) is 1.43. The molecule has 1 rings (SSSR count). The minimum absolute atomic E-state index is 0.185. The Hall–Kier alpha value is -1.24. The van der Waals surface area contributed by atoms with E-state index in [0.29, 0.717) is 5.16 Å². The number of nitrogens with zero attached hydrogens (tertiary/aromatic N) is 2. The number of H-pyrrole nitrogens is 1. The molecule has 0 amide bonds. The molecule has 0 spiro atoms. The van der Waals surface area contributed by atoms with E-state index in [-0.39, 0.29) is 16.9 Å². The molecule has 7 heteroatoms. The van der Waals surface area contributed by atoms with E-state index in [4.69, 9.17) is 11.1 Å². The average molecular weight is 271 g/mol. The molecule has 0 fully saturated rings. The van der Waals surface area contributed by atoms with Crippen LogP contribution in [0.3, 0.4) is 0 Å². The van der Waals surface area contributed by atoms with Gasteiger partial charge in [-0.25, -0.2) is 9.89 Å². The molecule has 1 aromatic heterocycles.